The van der Waals surface area contributed by atoms with Gasteiger partial charge in [0.25, 0.3) is 0 Å². The van der Waals surface area contributed by atoms with Crippen LogP contribution in [0.15, 0.2) is 29.4 Å². The topological polar surface area (TPSA) is 76.4 Å². The summed E-state index contributed by atoms with van der Waals surface area (Å²) in [6, 6.07) is 6.97. The maximum absolute atomic E-state index is 11.4. The maximum Gasteiger partial charge on any atom is 0.337 e. The number of thiocarbonyl (C=S) groups is 1. The number of hydrazone groups is 1. The molecule has 136 valence electrons. The molecule has 25 heavy (non-hydrogen) atoms. The average Bonchev–Trinajstić information content (AvgIpc) is 2.66. The van der Waals surface area contributed by atoms with E-state index in [9.17, 15) is 4.79 Å². The summed E-state index contributed by atoms with van der Waals surface area (Å²) < 4.78 is 10.00. The molecule has 0 unspecified atom stereocenters. The number of ether oxygens (including phenoxy) is 2. The molecule has 1 heterocycles. The van der Waals surface area contributed by atoms with Crippen LogP contribution >= 0.6 is 12.2 Å². The van der Waals surface area contributed by atoms with Crippen molar-refractivity contribution in [3.05, 3.63) is 35.4 Å². The molecular formula is C17H25N4O3S+. The van der Waals surface area contributed by atoms with Crippen molar-refractivity contribution in [3.63, 3.8) is 0 Å². The van der Waals surface area contributed by atoms with Crippen molar-refractivity contribution in [1.82, 2.24) is 10.7 Å². The molecule has 1 aromatic rings. The van der Waals surface area contributed by atoms with Gasteiger partial charge in [-0.3, -0.25) is 5.43 Å². The largest absolute Gasteiger partial charge is 0.465 e. The number of benzene rings is 1. The lowest BCUT2D eigenvalue weighted by Gasteiger charge is -2.23. The molecular weight excluding hydrogens is 340 g/mol. The molecule has 3 N–H and O–H groups in total. The first-order valence-electron chi connectivity index (χ1n) is 8.35. The van der Waals surface area contributed by atoms with Gasteiger partial charge in [-0.1, -0.05) is 12.1 Å². The fourth-order valence-electron chi connectivity index (χ4n) is 2.48. The van der Waals surface area contributed by atoms with E-state index in [1.807, 2.05) is 0 Å². The zero-order valence-electron chi connectivity index (χ0n) is 14.4. The Kier molecular flexibility index (Phi) is 8.30. The molecule has 7 nitrogen and oxygen atoms in total. The van der Waals surface area contributed by atoms with Gasteiger partial charge in [-0.25, -0.2) is 4.79 Å². The molecule has 0 amide bonds. The molecule has 1 aliphatic heterocycles. The van der Waals surface area contributed by atoms with Gasteiger partial charge < -0.3 is 19.7 Å². The third-order valence-electron chi connectivity index (χ3n) is 3.90. The van der Waals surface area contributed by atoms with Gasteiger partial charge in [0, 0.05) is 13.0 Å². The summed E-state index contributed by atoms with van der Waals surface area (Å²) in [6.45, 7) is 5.83. The number of morpholine rings is 1. The van der Waals surface area contributed by atoms with Crippen LogP contribution in [0.2, 0.25) is 0 Å². The molecule has 0 radical (unpaired) electrons. The average molecular weight is 365 g/mol. The van der Waals surface area contributed by atoms with E-state index in [0.717, 1.165) is 51.4 Å². The van der Waals surface area contributed by atoms with Crippen molar-refractivity contribution in [2.75, 3.05) is 46.5 Å². The Labute approximate surface area is 153 Å². The van der Waals surface area contributed by atoms with E-state index in [2.05, 4.69) is 20.6 Å². The van der Waals surface area contributed by atoms with Gasteiger partial charge in [0.15, 0.2) is 5.11 Å². The minimum absolute atomic E-state index is 0.356. The van der Waals surface area contributed by atoms with E-state index in [4.69, 9.17) is 17.0 Å². The van der Waals surface area contributed by atoms with Crippen molar-refractivity contribution in [2.24, 2.45) is 5.10 Å². The van der Waals surface area contributed by atoms with E-state index in [-0.39, 0.29) is 5.97 Å². The zero-order valence-corrected chi connectivity index (χ0v) is 15.2. The minimum Gasteiger partial charge on any atom is -0.465 e. The van der Waals surface area contributed by atoms with Crippen LogP contribution in [-0.2, 0) is 9.47 Å². The third kappa shape index (κ3) is 7.16. The molecule has 8 heteroatoms. The van der Waals surface area contributed by atoms with E-state index < -0.39 is 0 Å². The number of nitrogens with zero attached hydrogens (tertiary/aromatic N) is 1. The number of methoxy groups -OCH3 is 1. The predicted octanol–water partition coefficient (Wildman–Crippen LogP) is -0.424. The second-order valence-corrected chi connectivity index (χ2v) is 6.11. The van der Waals surface area contributed by atoms with E-state index >= 15 is 0 Å². The fraction of sp³-hybridized carbons (Fsp3) is 0.471. The summed E-state index contributed by atoms with van der Waals surface area (Å²) in [5.74, 6) is -0.356. The number of hydrogen-bond donors (Lipinski definition) is 3. The Balaban J connectivity index is 1.62. The molecule has 0 bridgehead atoms. The van der Waals surface area contributed by atoms with E-state index in [0.29, 0.717) is 10.7 Å². The molecule has 0 spiro atoms. The fourth-order valence-corrected chi connectivity index (χ4v) is 2.63. The lowest BCUT2D eigenvalue weighted by Crippen LogP contribution is -3.14. The van der Waals surface area contributed by atoms with Gasteiger partial charge in [-0.05, 0) is 29.9 Å². The van der Waals surface area contributed by atoms with Crippen LogP contribution in [0, 0.1) is 0 Å². The van der Waals surface area contributed by atoms with Crippen LogP contribution in [0.25, 0.3) is 0 Å². The SMILES string of the molecule is COC(=O)c1ccc(/C=N\NC(=S)NCCC[NH+]2CCOCC2)cc1. The number of quaternary nitrogens is 1. The van der Waals surface area contributed by atoms with Crippen molar-refractivity contribution >= 4 is 29.5 Å². The second kappa shape index (κ2) is 10.8. The van der Waals surface area contributed by atoms with Crippen LogP contribution in [0.3, 0.4) is 0 Å². The quantitative estimate of drug-likeness (QED) is 0.200. The molecule has 1 fully saturated rings. The number of rotatable bonds is 7. The number of hydrogen-bond acceptors (Lipinski definition) is 5. The number of carbonyl (C=O) groups is 1. The highest BCUT2D eigenvalue weighted by Crippen LogP contribution is 2.03. The predicted molar refractivity (Wildman–Crippen MR) is 100 cm³/mol. The summed E-state index contributed by atoms with van der Waals surface area (Å²) in [7, 11) is 1.36. The lowest BCUT2D eigenvalue weighted by molar-refractivity contribution is -0.908. The Morgan fingerprint density at radius 2 is 2.08 bits per heavy atom. The smallest absolute Gasteiger partial charge is 0.337 e. The second-order valence-electron chi connectivity index (χ2n) is 5.71. The molecule has 0 atom stereocenters. The zero-order chi connectivity index (χ0) is 17.9. The van der Waals surface area contributed by atoms with Gasteiger partial charge in [0.05, 0.1) is 38.6 Å². The van der Waals surface area contributed by atoms with Crippen molar-refractivity contribution < 1.29 is 19.2 Å². The first kappa shape index (κ1) is 19.3. The van der Waals surface area contributed by atoms with Crippen molar-refractivity contribution in [2.45, 2.75) is 6.42 Å². The standard InChI is InChI=1S/C17H24N4O3S/c1-23-16(22)15-5-3-14(4-6-15)13-19-20-17(25)18-7-2-8-21-9-11-24-12-10-21/h3-6,13H,2,7-12H2,1H3,(H2,18,20,25)/p+1/b19-13-. The summed E-state index contributed by atoms with van der Waals surface area (Å²) in [5, 5.41) is 7.73. The number of carbonyl (C=O) groups excluding carboxylic acids is 1. The number of nitrogens with one attached hydrogen (secondary N) is 3. The molecule has 1 saturated heterocycles. The van der Waals surface area contributed by atoms with Crippen molar-refractivity contribution in [3.8, 4) is 0 Å². The monoisotopic (exact) mass is 365 g/mol. The number of esters is 1. The minimum atomic E-state index is -0.356. The summed E-state index contributed by atoms with van der Waals surface area (Å²) in [5.41, 5.74) is 4.16. The highest BCUT2D eigenvalue weighted by Gasteiger charge is 2.12. The summed E-state index contributed by atoms with van der Waals surface area (Å²) in [6.07, 6.45) is 2.70. The highest BCUT2D eigenvalue weighted by atomic mass is 32.1. The van der Waals surface area contributed by atoms with Crippen LogP contribution < -0.4 is 15.6 Å². The van der Waals surface area contributed by atoms with Gasteiger partial charge in [0.2, 0.25) is 0 Å². The first-order valence-corrected chi connectivity index (χ1v) is 8.76. The molecule has 1 aliphatic rings. The normalized spacial score (nSPS) is 15.1. The van der Waals surface area contributed by atoms with Crippen LogP contribution in [0.5, 0.6) is 0 Å². The van der Waals surface area contributed by atoms with E-state index in [1.165, 1.54) is 7.11 Å². The highest BCUT2D eigenvalue weighted by molar-refractivity contribution is 7.80. The van der Waals surface area contributed by atoms with Crippen molar-refractivity contribution in [1.29, 1.82) is 0 Å². The Bertz CT molecular complexity index is 586. The Morgan fingerprint density at radius 1 is 1.36 bits per heavy atom. The Morgan fingerprint density at radius 3 is 2.76 bits per heavy atom. The molecule has 2 rings (SSSR count). The molecule has 1 aromatic carbocycles. The lowest BCUT2D eigenvalue weighted by atomic mass is 10.1. The van der Waals surface area contributed by atoms with Gasteiger partial charge in [-0.15, -0.1) is 0 Å². The summed E-state index contributed by atoms with van der Waals surface area (Å²) >= 11 is 5.19. The first-order chi connectivity index (χ1) is 12.2. The molecule has 0 saturated carbocycles. The maximum atomic E-state index is 11.4. The van der Waals surface area contributed by atoms with Crippen LogP contribution in [-0.4, -0.2) is 63.8 Å². The van der Waals surface area contributed by atoms with Gasteiger partial charge >= 0.3 is 5.97 Å². The van der Waals surface area contributed by atoms with Crippen LogP contribution in [0.4, 0.5) is 0 Å². The van der Waals surface area contributed by atoms with Gasteiger partial charge in [-0.2, -0.15) is 5.10 Å². The van der Waals surface area contributed by atoms with Crippen LogP contribution in [0.1, 0.15) is 22.3 Å². The molecule has 0 aromatic heterocycles. The summed E-state index contributed by atoms with van der Waals surface area (Å²) in [4.78, 5) is 12.9. The molecule has 0 aliphatic carbocycles. The van der Waals surface area contributed by atoms with Gasteiger partial charge in [0.1, 0.15) is 13.1 Å². The third-order valence-corrected chi connectivity index (χ3v) is 4.14. The van der Waals surface area contributed by atoms with E-state index in [1.54, 1.807) is 35.4 Å². The Hall–Kier alpha value is -2.03.